The van der Waals surface area contributed by atoms with Gasteiger partial charge in [-0.2, -0.15) is 0 Å². The third-order valence-corrected chi connectivity index (χ3v) is 7.66. The zero-order valence-corrected chi connectivity index (χ0v) is 21.9. The van der Waals surface area contributed by atoms with Gasteiger partial charge in [-0.1, -0.05) is 42.5 Å². The van der Waals surface area contributed by atoms with Gasteiger partial charge in [-0.15, -0.1) is 17.8 Å². The Kier molecular flexibility index (Phi) is 8.34. The first-order valence-corrected chi connectivity index (χ1v) is 13.0. The van der Waals surface area contributed by atoms with Crippen LogP contribution < -0.4 is 9.64 Å². The average molecular weight is 519 g/mol. The van der Waals surface area contributed by atoms with Crippen LogP contribution in [-0.4, -0.2) is 38.2 Å². The molecule has 4 nitrogen and oxygen atoms in total. The maximum atomic E-state index is 14.6. The molecule has 1 atom stereocenters. The van der Waals surface area contributed by atoms with E-state index in [0.29, 0.717) is 23.2 Å². The lowest BCUT2D eigenvalue weighted by Crippen LogP contribution is -2.29. The number of nitrogens with zero attached hydrogens (tertiary/aromatic N) is 2. The molecule has 36 heavy (non-hydrogen) atoms. The first kappa shape index (κ1) is 26.6. The summed E-state index contributed by atoms with van der Waals surface area (Å²) >= 11 is 8.14. The fraction of sp³-hybridized carbons (Fsp3) is 0.370. The molecule has 1 fully saturated rings. The second-order valence-electron chi connectivity index (χ2n) is 9.12. The molecule has 1 aliphatic rings. The number of hydrogen-bond donors (Lipinski definition) is 1. The molecule has 0 aliphatic heterocycles. The lowest BCUT2D eigenvalue weighted by Gasteiger charge is -2.31. The van der Waals surface area contributed by atoms with Gasteiger partial charge < -0.3 is 14.7 Å². The van der Waals surface area contributed by atoms with Crippen LogP contribution in [0.2, 0.25) is 5.02 Å². The van der Waals surface area contributed by atoms with Crippen molar-refractivity contribution in [1.82, 2.24) is 4.98 Å². The maximum Gasteiger partial charge on any atom is 0.187 e. The molecule has 0 unspecified atom stereocenters. The molecule has 4 rings (SSSR count). The van der Waals surface area contributed by atoms with E-state index in [1.807, 2.05) is 26.0 Å². The van der Waals surface area contributed by atoms with Crippen LogP contribution in [0, 0.1) is 37.9 Å². The Bertz CT molecular complexity index is 1290. The standard InChI is InChI=1S/C27H26B2ClFN2O2S/c1-4-9-33(23(11-17-5-6-17)18-7-8-19(14-34)22(31)12-18)27-32-25(16(3)36-27)20-10-15(2)24(13-21(20)30)35-26(28)29/h1,7-8,10,12-13,17,23,26,34H,5-6,9,11,14H2,2-3H3/t23-/m0/s1. The summed E-state index contributed by atoms with van der Waals surface area (Å²) in [6.07, 6.45) is 8.93. The van der Waals surface area contributed by atoms with Crippen molar-refractivity contribution in [3.05, 3.63) is 62.7 Å². The molecule has 1 saturated carbocycles. The fourth-order valence-corrected chi connectivity index (χ4v) is 5.51. The average Bonchev–Trinajstić information content (AvgIpc) is 3.57. The van der Waals surface area contributed by atoms with Crippen LogP contribution in [0.4, 0.5) is 9.52 Å². The van der Waals surface area contributed by atoms with Gasteiger partial charge in [0.25, 0.3) is 0 Å². The highest BCUT2D eigenvalue weighted by Gasteiger charge is 2.32. The Morgan fingerprint density at radius 1 is 1.31 bits per heavy atom. The van der Waals surface area contributed by atoms with Crippen molar-refractivity contribution in [2.75, 3.05) is 11.4 Å². The van der Waals surface area contributed by atoms with E-state index < -0.39 is 11.7 Å². The van der Waals surface area contributed by atoms with E-state index in [1.165, 1.54) is 17.4 Å². The van der Waals surface area contributed by atoms with E-state index in [2.05, 4.69) is 10.8 Å². The molecule has 1 heterocycles. The number of ether oxygens (including phenoxy) is 1. The number of aryl methyl sites for hydroxylation is 2. The van der Waals surface area contributed by atoms with Gasteiger partial charge in [-0.05, 0) is 55.5 Å². The summed E-state index contributed by atoms with van der Waals surface area (Å²) in [4.78, 5) is 8.01. The molecule has 182 valence electrons. The van der Waals surface area contributed by atoms with Gasteiger partial charge in [0.05, 0.1) is 29.9 Å². The Labute approximate surface area is 223 Å². The van der Waals surface area contributed by atoms with Crippen LogP contribution in [0.3, 0.4) is 0 Å². The number of terminal acetylenes is 1. The number of aliphatic hydroxyl groups is 1. The van der Waals surface area contributed by atoms with Gasteiger partial charge in [-0.3, -0.25) is 0 Å². The van der Waals surface area contributed by atoms with Crippen LogP contribution in [0.15, 0.2) is 30.3 Å². The highest BCUT2D eigenvalue weighted by atomic mass is 35.5. The van der Waals surface area contributed by atoms with Crippen molar-refractivity contribution in [1.29, 1.82) is 0 Å². The molecule has 4 radical (unpaired) electrons. The van der Waals surface area contributed by atoms with Crippen molar-refractivity contribution >= 4 is 43.8 Å². The predicted molar refractivity (Wildman–Crippen MR) is 147 cm³/mol. The Balaban J connectivity index is 1.74. The molecule has 3 aromatic rings. The summed E-state index contributed by atoms with van der Waals surface area (Å²) in [7, 11) is 11.1. The van der Waals surface area contributed by atoms with Crippen LogP contribution in [-0.2, 0) is 6.61 Å². The number of anilines is 1. The van der Waals surface area contributed by atoms with Gasteiger partial charge in [-0.25, -0.2) is 9.37 Å². The summed E-state index contributed by atoms with van der Waals surface area (Å²) < 4.78 is 20.1. The molecular weight excluding hydrogens is 492 g/mol. The quantitative estimate of drug-likeness (QED) is 0.277. The lowest BCUT2D eigenvalue weighted by atomic mass is 9.82. The summed E-state index contributed by atoms with van der Waals surface area (Å²) in [6, 6.07) is 8.46. The molecule has 1 aliphatic carbocycles. The zero-order chi connectivity index (χ0) is 26.0. The summed E-state index contributed by atoms with van der Waals surface area (Å²) in [5, 5.41) is 10.6. The van der Waals surface area contributed by atoms with E-state index in [-0.39, 0.29) is 18.2 Å². The fourth-order valence-electron chi connectivity index (χ4n) is 4.29. The monoisotopic (exact) mass is 518 g/mol. The number of halogens is 2. The van der Waals surface area contributed by atoms with Crippen LogP contribution >= 0.6 is 22.9 Å². The van der Waals surface area contributed by atoms with E-state index >= 15 is 0 Å². The summed E-state index contributed by atoms with van der Waals surface area (Å²) in [5.74, 6) is 2.46. The topological polar surface area (TPSA) is 45.6 Å². The van der Waals surface area contributed by atoms with E-state index in [1.54, 1.807) is 12.1 Å². The molecule has 9 heteroatoms. The van der Waals surface area contributed by atoms with Gasteiger partial charge in [0.1, 0.15) is 27.3 Å². The summed E-state index contributed by atoms with van der Waals surface area (Å²) in [6.45, 7) is 3.86. The minimum Gasteiger partial charge on any atom is -0.510 e. The van der Waals surface area contributed by atoms with Crippen molar-refractivity contribution in [2.24, 2.45) is 5.92 Å². The van der Waals surface area contributed by atoms with Gasteiger partial charge in [0.15, 0.2) is 5.13 Å². The Morgan fingerprint density at radius 2 is 2.06 bits per heavy atom. The normalized spacial score (nSPS) is 14.0. The Morgan fingerprint density at radius 3 is 2.67 bits per heavy atom. The van der Waals surface area contributed by atoms with Crippen LogP contribution in [0.25, 0.3) is 11.3 Å². The maximum absolute atomic E-state index is 14.6. The molecule has 1 aromatic heterocycles. The predicted octanol–water partition coefficient (Wildman–Crippen LogP) is 5.69. The Hall–Kier alpha value is -2.46. The van der Waals surface area contributed by atoms with E-state index in [9.17, 15) is 9.50 Å². The molecule has 2 aromatic carbocycles. The van der Waals surface area contributed by atoms with Crippen molar-refractivity contribution < 1.29 is 14.2 Å². The van der Waals surface area contributed by atoms with E-state index in [4.69, 9.17) is 43.4 Å². The minimum absolute atomic E-state index is 0.145. The zero-order valence-electron chi connectivity index (χ0n) is 20.3. The molecule has 0 spiro atoms. The van der Waals surface area contributed by atoms with Gasteiger partial charge >= 0.3 is 0 Å². The number of aromatic nitrogens is 1. The van der Waals surface area contributed by atoms with Crippen molar-refractivity contribution in [3.8, 4) is 29.4 Å². The largest absolute Gasteiger partial charge is 0.510 e. The molecule has 0 bridgehead atoms. The second kappa shape index (κ2) is 11.3. The third-order valence-electron chi connectivity index (χ3n) is 6.34. The number of rotatable bonds is 10. The van der Waals surface area contributed by atoms with Crippen LogP contribution in [0.5, 0.6) is 5.75 Å². The highest BCUT2D eigenvalue weighted by molar-refractivity contribution is 7.16. The van der Waals surface area contributed by atoms with Gasteiger partial charge in [0, 0.05) is 21.9 Å². The molecule has 0 saturated heterocycles. The molecule has 0 amide bonds. The highest BCUT2D eigenvalue weighted by Crippen LogP contribution is 2.44. The number of benzene rings is 2. The van der Waals surface area contributed by atoms with E-state index in [0.717, 1.165) is 51.7 Å². The third kappa shape index (κ3) is 5.91. The van der Waals surface area contributed by atoms with Crippen LogP contribution in [0.1, 0.15) is 46.9 Å². The summed E-state index contributed by atoms with van der Waals surface area (Å²) in [5.41, 5.74) is 3.43. The number of hydrogen-bond acceptors (Lipinski definition) is 5. The van der Waals surface area contributed by atoms with Crippen molar-refractivity contribution in [2.45, 2.75) is 51.7 Å². The SMILES string of the molecule is [B]C([B])Oc1cc(Cl)c(-c2nc(N(CC#C)[C@@H](CC3CC3)c3ccc(CO)c(F)c3)sc2C)cc1C. The molecular formula is C27H26B2ClFN2O2S. The second-order valence-corrected chi connectivity index (χ2v) is 10.7. The van der Waals surface area contributed by atoms with Crippen molar-refractivity contribution in [3.63, 3.8) is 0 Å². The minimum atomic E-state index is -0.949. The number of aliphatic hydroxyl groups excluding tert-OH is 1. The first-order chi connectivity index (χ1) is 17.2. The van der Waals surface area contributed by atoms with Gasteiger partial charge in [0.2, 0.25) is 0 Å². The number of thiazole rings is 1. The lowest BCUT2D eigenvalue weighted by molar-refractivity contribution is 0.275. The first-order valence-electron chi connectivity index (χ1n) is 11.8. The molecule has 1 N–H and O–H groups in total. The smallest absolute Gasteiger partial charge is 0.187 e.